The lowest BCUT2D eigenvalue weighted by atomic mass is 10.6. The monoisotopic (exact) mass is 153 g/mol. The molecule has 11 heavy (non-hydrogen) atoms. The Morgan fingerprint density at radius 1 is 1.73 bits per heavy atom. The largest absolute Gasteiger partial charge is 0.383 e. The molecule has 1 rings (SSSR count). The maximum Gasteiger partial charge on any atom is 0.327 e. The van der Waals surface area contributed by atoms with Gasteiger partial charge in [-0.3, -0.25) is 4.79 Å². The van der Waals surface area contributed by atoms with Crippen molar-refractivity contribution >= 4 is 11.8 Å². The fourth-order valence-electron chi connectivity index (χ4n) is 0.538. The number of hydrogen-bond acceptors (Lipinski definition) is 4. The normalized spacial score (nSPS) is 9.45. The first-order valence-corrected chi connectivity index (χ1v) is 2.68. The van der Waals surface area contributed by atoms with Crippen LogP contribution in [0.15, 0.2) is 10.9 Å². The number of primary amides is 1. The Morgan fingerprint density at radius 2 is 2.36 bits per heavy atom. The molecule has 0 atom stereocenters. The van der Waals surface area contributed by atoms with Gasteiger partial charge in [0.15, 0.2) is 6.33 Å². The van der Waals surface area contributed by atoms with Gasteiger partial charge in [-0.2, -0.15) is 0 Å². The molecule has 0 aliphatic heterocycles. The summed E-state index contributed by atoms with van der Waals surface area (Å²) < 4.78 is 0.538. The predicted molar refractivity (Wildman–Crippen MR) is 36.7 cm³/mol. The number of aromatic nitrogens is 2. The molecule has 0 aromatic carbocycles. The van der Waals surface area contributed by atoms with E-state index in [-0.39, 0.29) is 5.82 Å². The van der Waals surface area contributed by atoms with Gasteiger partial charge in [0, 0.05) is 6.07 Å². The van der Waals surface area contributed by atoms with E-state index in [9.17, 15) is 9.59 Å². The number of carbonyl (C=O) groups excluding carboxylic acids is 1. The van der Waals surface area contributed by atoms with Gasteiger partial charge in [0.25, 0.3) is 5.56 Å². The highest BCUT2D eigenvalue weighted by molar-refractivity contribution is 5.74. The number of nitrogens with zero attached hydrogens (tertiary/aromatic N) is 2. The number of hydrogen-bond donors (Lipinski definition) is 2. The van der Waals surface area contributed by atoms with E-state index < -0.39 is 11.6 Å². The highest BCUT2D eigenvalue weighted by Crippen LogP contribution is 1.84. The summed E-state index contributed by atoms with van der Waals surface area (Å²) in [4.78, 5) is 24.6. The van der Waals surface area contributed by atoms with E-state index in [0.29, 0.717) is 4.57 Å². The van der Waals surface area contributed by atoms with Crippen molar-refractivity contribution in [1.29, 1.82) is 0 Å². The number of amides is 1. The first-order chi connectivity index (χ1) is 5.11. The van der Waals surface area contributed by atoms with Gasteiger partial charge in [0.05, 0.1) is 0 Å². The molecule has 0 spiro atoms. The third kappa shape index (κ3) is 1.34. The summed E-state index contributed by atoms with van der Waals surface area (Å²) in [5.41, 5.74) is 9.26. The maximum atomic E-state index is 10.8. The Labute approximate surface area is 61.4 Å². The van der Waals surface area contributed by atoms with Gasteiger partial charge in [-0.25, -0.2) is 14.3 Å². The van der Waals surface area contributed by atoms with Gasteiger partial charge >= 0.3 is 6.03 Å². The van der Waals surface area contributed by atoms with E-state index in [0.717, 1.165) is 6.07 Å². The number of carbonyl (C=O) groups is 1. The topological polar surface area (TPSA) is 104 Å². The highest BCUT2D eigenvalue weighted by Gasteiger charge is 2.01. The molecule has 1 aromatic rings. The minimum atomic E-state index is -0.928. The molecule has 0 aliphatic carbocycles. The fourth-order valence-corrected chi connectivity index (χ4v) is 0.538. The van der Waals surface area contributed by atoms with Crippen LogP contribution in [0, 0.1) is 6.33 Å². The molecule has 1 radical (unpaired) electrons. The zero-order valence-electron chi connectivity index (χ0n) is 5.44. The molecule has 0 unspecified atom stereocenters. The van der Waals surface area contributed by atoms with Crippen LogP contribution in [0.4, 0.5) is 10.6 Å². The Hall–Kier alpha value is -1.85. The number of anilines is 1. The summed E-state index contributed by atoms with van der Waals surface area (Å²) in [6, 6.07) is 0.0591. The molecular formula is C5H5N4O2. The van der Waals surface area contributed by atoms with E-state index >= 15 is 0 Å². The van der Waals surface area contributed by atoms with Gasteiger partial charge in [-0.1, -0.05) is 0 Å². The second-order valence-electron chi connectivity index (χ2n) is 1.79. The molecule has 57 valence electrons. The summed E-state index contributed by atoms with van der Waals surface area (Å²) in [7, 11) is 0. The summed E-state index contributed by atoms with van der Waals surface area (Å²) in [6.45, 7) is 0. The zero-order chi connectivity index (χ0) is 8.43. The molecule has 0 saturated heterocycles. The highest BCUT2D eigenvalue weighted by atomic mass is 16.2. The number of nitrogens with two attached hydrogens (primary N) is 2. The molecule has 0 saturated carbocycles. The maximum absolute atomic E-state index is 10.8. The summed E-state index contributed by atoms with van der Waals surface area (Å²) in [6.07, 6.45) is 2.06. The second-order valence-corrected chi connectivity index (χ2v) is 1.79. The molecule has 1 amide bonds. The standard InChI is InChI=1S/C5H5N4O2/c6-3-1-4(10)9(2-8-3)5(7)11/h1H,6H2,(H2,7,11). The Morgan fingerprint density at radius 3 is 2.82 bits per heavy atom. The lowest BCUT2D eigenvalue weighted by molar-refractivity contribution is 0.249. The number of rotatable bonds is 0. The third-order valence-corrected chi connectivity index (χ3v) is 0.991. The molecular weight excluding hydrogens is 148 g/mol. The van der Waals surface area contributed by atoms with Crippen LogP contribution < -0.4 is 17.0 Å². The molecule has 1 aromatic heterocycles. The van der Waals surface area contributed by atoms with Crippen molar-refractivity contribution < 1.29 is 4.79 Å². The summed E-state index contributed by atoms with van der Waals surface area (Å²) in [5.74, 6) is 0.00694. The van der Waals surface area contributed by atoms with Crippen LogP contribution in [-0.4, -0.2) is 15.6 Å². The van der Waals surface area contributed by atoms with Crippen molar-refractivity contribution in [3.05, 3.63) is 22.7 Å². The van der Waals surface area contributed by atoms with Crippen LogP contribution >= 0.6 is 0 Å². The molecule has 4 N–H and O–H groups in total. The van der Waals surface area contributed by atoms with Crippen LogP contribution in [0.3, 0.4) is 0 Å². The van der Waals surface area contributed by atoms with E-state index in [1.54, 1.807) is 0 Å². The van der Waals surface area contributed by atoms with E-state index in [1.165, 1.54) is 0 Å². The lowest BCUT2D eigenvalue weighted by Gasteiger charge is -1.95. The SMILES string of the molecule is NC(=O)n1[c]nc(N)cc1=O. The average Bonchev–Trinajstić information content (AvgIpc) is 1.85. The van der Waals surface area contributed by atoms with Crippen molar-refractivity contribution in [2.24, 2.45) is 5.73 Å². The molecule has 0 bridgehead atoms. The molecule has 6 heteroatoms. The second kappa shape index (κ2) is 2.41. The molecule has 6 nitrogen and oxygen atoms in total. The lowest BCUT2D eigenvalue weighted by Crippen LogP contribution is -2.31. The predicted octanol–water partition coefficient (Wildman–Crippen LogP) is -1.45. The first kappa shape index (κ1) is 7.26. The van der Waals surface area contributed by atoms with Crippen molar-refractivity contribution in [2.75, 3.05) is 5.73 Å². The fraction of sp³-hybridized carbons (Fsp3) is 0. The van der Waals surface area contributed by atoms with Crippen LogP contribution in [-0.2, 0) is 0 Å². The van der Waals surface area contributed by atoms with Crippen molar-refractivity contribution in [1.82, 2.24) is 9.55 Å². The smallest absolute Gasteiger partial charge is 0.327 e. The van der Waals surface area contributed by atoms with Gasteiger partial charge in [0.2, 0.25) is 0 Å². The van der Waals surface area contributed by atoms with E-state index in [2.05, 4.69) is 11.3 Å². The van der Waals surface area contributed by atoms with Gasteiger partial charge < -0.3 is 11.5 Å². The first-order valence-electron chi connectivity index (χ1n) is 2.68. The van der Waals surface area contributed by atoms with Crippen LogP contribution in [0.1, 0.15) is 0 Å². The third-order valence-electron chi connectivity index (χ3n) is 0.991. The van der Waals surface area contributed by atoms with E-state index in [1.807, 2.05) is 0 Å². The Bertz CT molecular complexity index is 343. The number of nitrogen functional groups attached to an aromatic ring is 1. The van der Waals surface area contributed by atoms with Crippen molar-refractivity contribution in [3.63, 3.8) is 0 Å². The van der Waals surface area contributed by atoms with Crippen molar-refractivity contribution in [2.45, 2.75) is 0 Å². The molecule has 0 fully saturated rings. The van der Waals surface area contributed by atoms with E-state index in [4.69, 9.17) is 11.5 Å². The van der Waals surface area contributed by atoms with Crippen molar-refractivity contribution in [3.8, 4) is 0 Å². The van der Waals surface area contributed by atoms with Gasteiger partial charge in [-0.15, -0.1) is 0 Å². The van der Waals surface area contributed by atoms with Crippen LogP contribution in [0.5, 0.6) is 0 Å². The Kier molecular flexibility index (Phi) is 1.59. The van der Waals surface area contributed by atoms with Gasteiger partial charge in [-0.05, 0) is 0 Å². The minimum absolute atomic E-state index is 0.00694. The summed E-state index contributed by atoms with van der Waals surface area (Å²) >= 11 is 0. The van der Waals surface area contributed by atoms with Crippen LogP contribution in [0.2, 0.25) is 0 Å². The molecule has 0 aliphatic rings. The minimum Gasteiger partial charge on any atom is -0.383 e. The summed E-state index contributed by atoms with van der Waals surface area (Å²) in [5, 5.41) is 0. The molecule has 1 heterocycles. The quantitative estimate of drug-likeness (QED) is 0.475. The average molecular weight is 153 g/mol. The zero-order valence-corrected chi connectivity index (χ0v) is 5.44. The Balaban J connectivity index is 3.32. The van der Waals surface area contributed by atoms with Gasteiger partial charge in [0.1, 0.15) is 5.82 Å². The van der Waals surface area contributed by atoms with Crippen LogP contribution in [0.25, 0.3) is 0 Å².